The predicted octanol–water partition coefficient (Wildman–Crippen LogP) is 3.95. The fraction of sp³-hybridized carbons (Fsp3) is 0.263. The quantitative estimate of drug-likeness (QED) is 0.595. The SMILES string of the molecule is c1cc(Cn2cncn2)cc(Nc2ncnc3sc4c(c23)CCCC4)c1. The number of hydrogen-bond acceptors (Lipinski definition) is 6. The van der Waals surface area contributed by atoms with Crippen LogP contribution in [-0.4, -0.2) is 24.7 Å². The maximum absolute atomic E-state index is 4.54. The molecule has 0 amide bonds. The molecule has 7 heteroatoms. The standard InChI is InChI=1S/C19H18N6S/c1-2-7-16-15(6-1)17-18(21-11-22-19(17)26-16)24-14-5-3-4-13(8-14)9-25-12-20-10-23-25/h3-5,8,10-12H,1-2,6-7,9H2,(H,21,22,24). The molecule has 0 saturated heterocycles. The summed E-state index contributed by atoms with van der Waals surface area (Å²) >= 11 is 1.82. The van der Waals surface area contributed by atoms with Crippen molar-refractivity contribution >= 4 is 33.1 Å². The Kier molecular flexibility index (Phi) is 3.86. The topological polar surface area (TPSA) is 68.5 Å². The second-order valence-corrected chi connectivity index (χ2v) is 7.62. The summed E-state index contributed by atoms with van der Waals surface area (Å²) < 4.78 is 1.82. The molecule has 0 fully saturated rings. The average Bonchev–Trinajstić information content (AvgIpc) is 3.29. The molecule has 0 bridgehead atoms. The molecule has 0 atom stereocenters. The van der Waals surface area contributed by atoms with Gasteiger partial charge in [-0.25, -0.2) is 19.6 Å². The molecule has 0 radical (unpaired) electrons. The summed E-state index contributed by atoms with van der Waals surface area (Å²) in [6.07, 6.45) is 9.77. The van der Waals surface area contributed by atoms with Gasteiger partial charge in [-0.3, -0.25) is 0 Å². The Hall–Kier alpha value is -2.80. The van der Waals surface area contributed by atoms with Crippen LogP contribution in [0, 0.1) is 0 Å². The van der Waals surface area contributed by atoms with Crippen molar-refractivity contribution in [2.45, 2.75) is 32.2 Å². The van der Waals surface area contributed by atoms with Crippen molar-refractivity contribution in [3.05, 3.63) is 59.3 Å². The minimum Gasteiger partial charge on any atom is -0.340 e. The van der Waals surface area contributed by atoms with Gasteiger partial charge in [0.05, 0.1) is 11.9 Å². The lowest BCUT2D eigenvalue weighted by Crippen LogP contribution is -2.02. The average molecular weight is 362 g/mol. The number of aromatic nitrogens is 5. The number of hydrogen-bond donors (Lipinski definition) is 1. The summed E-state index contributed by atoms with van der Waals surface area (Å²) in [7, 11) is 0. The molecule has 3 heterocycles. The van der Waals surface area contributed by atoms with E-state index in [4.69, 9.17) is 0 Å². The Morgan fingerprint density at radius 1 is 1.12 bits per heavy atom. The number of anilines is 2. The summed E-state index contributed by atoms with van der Waals surface area (Å²) in [6.45, 7) is 0.697. The Balaban J connectivity index is 1.49. The van der Waals surface area contributed by atoms with Gasteiger partial charge in [0.15, 0.2) is 0 Å². The molecule has 5 rings (SSSR count). The number of nitrogens with one attached hydrogen (secondary N) is 1. The molecule has 0 spiro atoms. The molecule has 4 aromatic rings. The van der Waals surface area contributed by atoms with Crippen LogP contribution >= 0.6 is 11.3 Å². The number of nitrogens with zero attached hydrogens (tertiary/aromatic N) is 5. The van der Waals surface area contributed by atoms with E-state index in [1.54, 1.807) is 19.0 Å². The fourth-order valence-electron chi connectivity index (χ4n) is 3.57. The number of rotatable bonds is 4. The maximum atomic E-state index is 4.54. The van der Waals surface area contributed by atoms with E-state index in [1.165, 1.54) is 35.1 Å². The molecule has 26 heavy (non-hydrogen) atoms. The minimum atomic E-state index is 0.697. The van der Waals surface area contributed by atoms with E-state index >= 15 is 0 Å². The molecule has 6 nitrogen and oxygen atoms in total. The highest BCUT2D eigenvalue weighted by Crippen LogP contribution is 2.38. The van der Waals surface area contributed by atoms with Crippen LogP contribution < -0.4 is 5.32 Å². The van der Waals surface area contributed by atoms with Crippen LogP contribution in [0.3, 0.4) is 0 Å². The lowest BCUT2D eigenvalue weighted by molar-refractivity contribution is 0.685. The molecule has 0 aliphatic heterocycles. The summed E-state index contributed by atoms with van der Waals surface area (Å²) in [4.78, 5) is 15.6. The first kappa shape index (κ1) is 15.5. The zero-order valence-corrected chi connectivity index (χ0v) is 15.0. The van der Waals surface area contributed by atoms with Gasteiger partial charge in [0.25, 0.3) is 0 Å². The predicted molar refractivity (Wildman–Crippen MR) is 103 cm³/mol. The van der Waals surface area contributed by atoms with E-state index in [0.29, 0.717) is 6.54 Å². The van der Waals surface area contributed by atoms with Crippen LogP contribution in [-0.2, 0) is 19.4 Å². The smallest absolute Gasteiger partial charge is 0.142 e. The highest BCUT2D eigenvalue weighted by molar-refractivity contribution is 7.19. The van der Waals surface area contributed by atoms with Crippen molar-refractivity contribution < 1.29 is 0 Å². The van der Waals surface area contributed by atoms with Crippen LogP contribution in [0.15, 0.2) is 43.2 Å². The summed E-state index contributed by atoms with van der Waals surface area (Å²) in [5, 5.41) is 8.89. The number of aryl methyl sites for hydroxylation is 2. The van der Waals surface area contributed by atoms with Crippen LogP contribution in [0.2, 0.25) is 0 Å². The Bertz CT molecular complexity index is 1050. The molecule has 3 aromatic heterocycles. The zero-order valence-electron chi connectivity index (χ0n) is 14.2. The molecule has 1 aliphatic carbocycles. The number of fused-ring (bicyclic) bond motifs is 3. The van der Waals surface area contributed by atoms with Gasteiger partial charge in [0.1, 0.15) is 29.6 Å². The third-order valence-corrected chi connectivity index (χ3v) is 5.95. The monoisotopic (exact) mass is 362 g/mol. The summed E-state index contributed by atoms with van der Waals surface area (Å²) in [5.74, 6) is 0.910. The summed E-state index contributed by atoms with van der Waals surface area (Å²) in [5.41, 5.74) is 3.63. The molecular formula is C19H18N6S. The van der Waals surface area contributed by atoms with Gasteiger partial charge < -0.3 is 5.32 Å². The Labute approximate surface area is 155 Å². The van der Waals surface area contributed by atoms with Crippen LogP contribution in [0.5, 0.6) is 0 Å². The fourth-order valence-corrected chi connectivity index (χ4v) is 4.80. The Morgan fingerprint density at radius 3 is 3.00 bits per heavy atom. The van der Waals surface area contributed by atoms with Gasteiger partial charge in [0.2, 0.25) is 0 Å². The van der Waals surface area contributed by atoms with Crippen molar-refractivity contribution in [3.63, 3.8) is 0 Å². The van der Waals surface area contributed by atoms with E-state index in [-0.39, 0.29) is 0 Å². The molecule has 1 aromatic carbocycles. The first-order valence-electron chi connectivity index (χ1n) is 8.80. The van der Waals surface area contributed by atoms with Crippen molar-refractivity contribution in [2.24, 2.45) is 0 Å². The zero-order chi connectivity index (χ0) is 17.3. The van der Waals surface area contributed by atoms with E-state index in [1.807, 2.05) is 16.0 Å². The maximum Gasteiger partial charge on any atom is 0.142 e. The highest BCUT2D eigenvalue weighted by atomic mass is 32.1. The second kappa shape index (κ2) is 6.49. The van der Waals surface area contributed by atoms with Crippen molar-refractivity contribution in [2.75, 3.05) is 5.32 Å². The van der Waals surface area contributed by atoms with E-state index in [0.717, 1.165) is 28.3 Å². The van der Waals surface area contributed by atoms with Gasteiger partial charge in [0, 0.05) is 10.6 Å². The second-order valence-electron chi connectivity index (χ2n) is 6.53. The lowest BCUT2D eigenvalue weighted by Gasteiger charge is -2.13. The van der Waals surface area contributed by atoms with Crippen molar-refractivity contribution in [3.8, 4) is 0 Å². The van der Waals surface area contributed by atoms with Gasteiger partial charge in [-0.05, 0) is 48.9 Å². The first-order chi connectivity index (χ1) is 12.9. The van der Waals surface area contributed by atoms with Gasteiger partial charge >= 0.3 is 0 Å². The Morgan fingerprint density at radius 2 is 2.08 bits per heavy atom. The molecule has 1 aliphatic rings. The molecule has 130 valence electrons. The first-order valence-corrected chi connectivity index (χ1v) is 9.62. The van der Waals surface area contributed by atoms with Crippen molar-refractivity contribution in [1.29, 1.82) is 0 Å². The van der Waals surface area contributed by atoms with Crippen molar-refractivity contribution in [1.82, 2.24) is 24.7 Å². The van der Waals surface area contributed by atoms with E-state index in [2.05, 4.69) is 49.6 Å². The highest BCUT2D eigenvalue weighted by Gasteiger charge is 2.19. The third-order valence-electron chi connectivity index (χ3n) is 4.75. The minimum absolute atomic E-state index is 0.697. The van der Waals surface area contributed by atoms with E-state index in [9.17, 15) is 0 Å². The number of thiophene rings is 1. The summed E-state index contributed by atoms with van der Waals surface area (Å²) in [6, 6.07) is 8.34. The van der Waals surface area contributed by atoms with Crippen LogP contribution in [0.4, 0.5) is 11.5 Å². The van der Waals surface area contributed by atoms with Crippen LogP contribution in [0.1, 0.15) is 28.8 Å². The molecule has 0 unspecified atom stereocenters. The molecule has 0 saturated carbocycles. The largest absolute Gasteiger partial charge is 0.340 e. The van der Waals surface area contributed by atoms with Gasteiger partial charge in [-0.1, -0.05) is 12.1 Å². The van der Waals surface area contributed by atoms with E-state index < -0.39 is 0 Å². The molecular weight excluding hydrogens is 344 g/mol. The number of benzene rings is 1. The lowest BCUT2D eigenvalue weighted by atomic mass is 9.97. The van der Waals surface area contributed by atoms with Crippen LogP contribution in [0.25, 0.3) is 10.2 Å². The van der Waals surface area contributed by atoms with Gasteiger partial charge in [-0.2, -0.15) is 5.10 Å². The van der Waals surface area contributed by atoms with Gasteiger partial charge in [-0.15, -0.1) is 11.3 Å². The normalized spacial score (nSPS) is 13.7. The third kappa shape index (κ3) is 2.84. The molecule has 1 N–H and O–H groups in total.